The molecule has 1 amide bonds. The van der Waals surface area contributed by atoms with Crippen LogP contribution in [0.3, 0.4) is 0 Å². The third-order valence-corrected chi connectivity index (χ3v) is 4.99. The number of aromatic nitrogens is 2. The van der Waals surface area contributed by atoms with Crippen LogP contribution in [-0.4, -0.2) is 45.8 Å². The van der Waals surface area contributed by atoms with E-state index in [1.807, 2.05) is 25.2 Å². The van der Waals surface area contributed by atoms with Gasteiger partial charge in [0.15, 0.2) is 5.82 Å². The van der Waals surface area contributed by atoms with Crippen LogP contribution in [0.25, 0.3) is 0 Å². The highest BCUT2D eigenvalue weighted by atomic mass is 16.5. The molecule has 1 aromatic heterocycles. The standard InChI is InChI=1S/C21H27N3O3/c1-3-4-14-27-18-10-6-5-9-17(18)21(26)24-12-7-8-16(15-24)19(25)20-22-11-13-23(20)2/h5-6,9-11,13,16H,3-4,7-8,12,14-15H2,1-2H3. The number of hydrogen-bond donors (Lipinski definition) is 0. The van der Waals surface area contributed by atoms with Gasteiger partial charge in [-0.3, -0.25) is 9.59 Å². The minimum Gasteiger partial charge on any atom is -0.493 e. The van der Waals surface area contributed by atoms with Crippen molar-refractivity contribution < 1.29 is 14.3 Å². The molecular weight excluding hydrogens is 342 g/mol. The molecule has 0 spiro atoms. The Labute approximate surface area is 160 Å². The first-order valence-corrected chi connectivity index (χ1v) is 9.64. The van der Waals surface area contributed by atoms with Crippen molar-refractivity contribution in [1.29, 1.82) is 0 Å². The van der Waals surface area contributed by atoms with Crippen LogP contribution in [0.15, 0.2) is 36.7 Å². The van der Waals surface area contributed by atoms with E-state index >= 15 is 0 Å². The highest BCUT2D eigenvalue weighted by molar-refractivity contribution is 5.98. The zero-order valence-electron chi connectivity index (χ0n) is 16.1. The SMILES string of the molecule is CCCCOc1ccccc1C(=O)N1CCCC(C(=O)c2nccn2C)C1. The first kappa shape index (κ1) is 19.1. The van der Waals surface area contributed by atoms with E-state index in [9.17, 15) is 9.59 Å². The number of Topliss-reactive ketones (excluding diaryl/α,β-unsaturated/α-hetero) is 1. The number of amides is 1. The van der Waals surface area contributed by atoms with Crippen molar-refractivity contribution in [1.82, 2.24) is 14.5 Å². The van der Waals surface area contributed by atoms with Gasteiger partial charge in [-0.05, 0) is 31.4 Å². The molecule has 144 valence electrons. The second-order valence-electron chi connectivity index (χ2n) is 7.01. The lowest BCUT2D eigenvalue weighted by Gasteiger charge is -2.32. The van der Waals surface area contributed by atoms with Gasteiger partial charge in [-0.2, -0.15) is 0 Å². The first-order valence-electron chi connectivity index (χ1n) is 9.64. The van der Waals surface area contributed by atoms with Crippen molar-refractivity contribution in [3.05, 3.63) is 48.0 Å². The Morgan fingerprint density at radius 1 is 1.30 bits per heavy atom. The van der Waals surface area contributed by atoms with Gasteiger partial charge in [0.2, 0.25) is 5.78 Å². The molecule has 1 saturated heterocycles. The fourth-order valence-electron chi connectivity index (χ4n) is 3.43. The number of nitrogens with zero attached hydrogens (tertiary/aromatic N) is 3. The summed E-state index contributed by atoms with van der Waals surface area (Å²) in [5.41, 5.74) is 0.568. The van der Waals surface area contributed by atoms with Gasteiger partial charge in [0.1, 0.15) is 5.75 Å². The number of para-hydroxylation sites is 1. The molecule has 1 aliphatic heterocycles. The Morgan fingerprint density at radius 3 is 2.85 bits per heavy atom. The van der Waals surface area contributed by atoms with E-state index in [0.717, 1.165) is 25.7 Å². The zero-order valence-corrected chi connectivity index (χ0v) is 16.1. The number of ketones is 1. The van der Waals surface area contributed by atoms with Crippen molar-refractivity contribution >= 4 is 11.7 Å². The molecule has 0 bridgehead atoms. The summed E-state index contributed by atoms with van der Waals surface area (Å²) in [4.78, 5) is 31.8. The minimum atomic E-state index is -0.211. The summed E-state index contributed by atoms with van der Waals surface area (Å²) in [7, 11) is 1.82. The molecule has 0 saturated carbocycles. The molecule has 2 aromatic rings. The van der Waals surface area contributed by atoms with E-state index < -0.39 is 0 Å². The maximum atomic E-state index is 13.1. The molecule has 0 aliphatic carbocycles. The smallest absolute Gasteiger partial charge is 0.257 e. The Bertz CT molecular complexity index is 799. The summed E-state index contributed by atoms with van der Waals surface area (Å²) in [5, 5.41) is 0. The number of carbonyl (C=O) groups excluding carboxylic acids is 2. The Hall–Kier alpha value is -2.63. The Balaban J connectivity index is 1.72. The number of carbonyl (C=O) groups is 2. The number of unbranched alkanes of at least 4 members (excludes halogenated alkanes) is 1. The average Bonchev–Trinajstić information content (AvgIpc) is 3.13. The molecule has 0 radical (unpaired) electrons. The second-order valence-corrected chi connectivity index (χ2v) is 7.01. The summed E-state index contributed by atoms with van der Waals surface area (Å²) < 4.78 is 7.55. The summed E-state index contributed by atoms with van der Waals surface area (Å²) >= 11 is 0. The Morgan fingerprint density at radius 2 is 2.11 bits per heavy atom. The number of likely N-dealkylation sites (tertiary alicyclic amines) is 1. The monoisotopic (exact) mass is 369 g/mol. The highest BCUT2D eigenvalue weighted by Crippen LogP contribution is 2.25. The van der Waals surface area contributed by atoms with Crippen molar-refractivity contribution in [2.24, 2.45) is 13.0 Å². The predicted octanol–water partition coefficient (Wildman–Crippen LogP) is 3.33. The van der Waals surface area contributed by atoms with Gasteiger partial charge in [-0.15, -0.1) is 0 Å². The number of imidazole rings is 1. The van der Waals surface area contributed by atoms with E-state index in [2.05, 4.69) is 11.9 Å². The van der Waals surface area contributed by atoms with Crippen LogP contribution in [0.5, 0.6) is 5.75 Å². The van der Waals surface area contributed by atoms with Crippen LogP contribution in [0.2, 0.25) is 0 Å². The molecule has 1 fully saturated rings. The number of piperidine rings is 1. The van der Waals surface area contributed by atoms with Crippen LogP contribution in [0.1, 0.15) is 53.6 Å². The van der Waals surface area contributed by atoms with Crippen LogP contribution in [0.4, 0.5) is 0 Å². The number of rotatable bonds is 7. The summed E-state index contributed by atoms with van der Waals surface area (Å²) in [5.74, 6) is 0.801. The van der Waals surface area contributed by atoms with Crippen molar-refractivity contribution in [2.45, 2.75) is 32.6 Å². The lowest BCUT2D eigenvalue weighted by atomic mass is 9.92. The second kappa shape index (κ2) is 8.84. The predicted molar refractivity (Wildman–Crippen MR) is 103 cm³/mol. The van der Waals surface area contributed by atoms with Gasteiger partial charge in [0.05, 0.1) is 12.2 Å². The lowest BCUT2D eigenvalue weighted by Crippen LogP contribution is -2.42. The molecule has 6 heteroatoms. The van der Waals surface area contributed by atoms with Crippen molar-refractivity contribution in [3.8, 4) is 5.75 Å². The van der Waals surface area contributed by atoms with Crippen LogP contribution in [0, 0.1) is 5.92 Å². The van der Waals surface area contributed by atoms with Crippen molar-refractivity contribution in [3.63, 3.8) is 0 Å². The van der Waals surface area contributed by atoms with Crippen molar-refractivity contribution in [2.75, 3.05) is 19.7 Å². The minimum absolute atomic E-state index is 0.00693. The van der Waals surface area contributed by atoms with Gasteiger partial charge in [0.25, 0.3) is 5.91 Å². The Kier molecular flexibility index (Phi) is 6.27. The zero-order chi connectivity index (χ0) is 19.2. The quantitative estimate of drug-likeness (QED) is 0.555. The third-order valence-electron chi connectivity index (χ3n) is 4.99. The number of aryl methyl sites for hydroxylation is 1. The molecule has 27 heavy (non-hydrogen) atoms. The van der Waals surface area contributed by atoms with Crippen LogP contribution in [-0.2, 0) is 7.05 Å². The highest BCUT2D eigenvalue weighted by Gasteiger charge is 2.31. The maximum absolute atomic E-state index is 13.1. The molecule has 1 atom stereocenters. The van der Waals surface area contributed by atoms with Gasteiger partial charge in [-0.25, -0.2) is 4.98 Å². The molecule has 1 aromatic carbocycles. The molecule has 1 aliphatic rings. The normalized spacial score (nSPS) is 17.0. The van der Waals surface area contributed by atoms with E-state index in [1.54, 1.807) is 27.9 Å². The van der Waals surface area contributed by atoms with E-state index in [0.29, 0.717) is 36.8 Å². The topological polar surface area (TPSA) is 64.4 Å². The lowest BCUT2D eigenvalue weighted by molar-refractivity contribution is 0.0629. The molecule has 6 nitrogen and oxygen atoms in total. The maximum Gasteiger partial charge on any atom is 0.257 e. The van der Waals surface area contributed by atoms with Gasteiger partial charge >= 0.3 is 0 Å². The van der Waals surface area contributed by atoms with Gasteiger partial charge in [0, 0.05) is 38.4 Å². The summed E-state index contributed by atoms with van der Waals surface area (Å²) in [6.45, 7) is 3.79. The van der Waals surface area contributed by atoms with Gasteiger partial charge in [-0.1, -0.05) is 25.5 Å². The van der Waals surface area contributed by atoms with E-state index in [4.69, 9.17) is 4.74 Å². The summed E-state index contributed by atoms with van der Waals surface area (Å²) in [6.07, 6.45) is 6.98. The first-order chi connectivity index (χ1) is 13.1. The number of hydrogen-bond acceptors (Lipinski definition) is 4. The molecule has 3 rings (SSSR count). The average molecular weight is 369 g/mol. The third kappa shape index (κ3) is 4.38. The molecular formula is C21H27N3O3. The van der Waals surface area contributed by atoms with E-state index in [-0.39, 0.29) is 17.6 Å². The van der Waals surface area contributed by atoms with Crippen LogP contribution >= 0.6 is 0 Å². The fourth-order valence-corrected chi connectivity index (χ4v) is 3.43. The summed E-state index contributed by atoms with van der Waals surface area (Å²) in [6, 6.07) is 7.36. The molecule has 0 N–H and O–H groups in total. The molecule has 2 heterocycles. The number of benzene rings is 1. The van der Waals surface area contributed by atoms with E-state index in [1.165, 1.54) is 0 Å². The number of ether oxygens (including phenoxy) is 1. The molecule has 1 unspecified atom stereocenters. The largest absolute Gasteiger partial charge is 0.493 e. The van der Waals surface area contributed by atoms with Crippen LogP contribution < -0.4 is 4.74 Å². The fraction of sp³-hybridized carbons (Fsp3) is 0.476. The van der Waals surface area contributed by atoms with Gasteiger partial charge < -0.3 is 14.2 Å².